The van der Waals surface area contributed by atoms with Gasteiger partial charge in [0.15, 0.2) is 0 Å². The van der Waals surface area contributed by atoms with Gasteiger partial charge in [-0.1, -0.05) is 56.4 Å². The van der Waals surface area contributed by atoms with Crippen LogP contribution in [0.2, 0.25) is 0 Å². The lowest BCUT2D eigenvalue weighted by Gasteiger charge is -2.20. The van der Waals surface area contributed by atoms with Crippen LogP contribution in [-0.2, 0) is 6.42 Å². The second-order valence-electron chi connectivity index (χ2n) is 4.95. The fraction of sp³-hybridized carbons (Fsp3) is 0.467. The number of rotatable bonds is 2. The summed E-state index contributed by atoms with van der Waals surface area (Å²) in [6, 6.07) is 8.82. The average molecular weight is 230 g/mol. The Morgan fingerprint density at radius 1 is 1.06 bits per heavy atom. The third kappa shape index (κ3) is 2.01. The van der Waals surface area contributed by atoms with Gasteiger partial charge in [-0.2, -0.15) is 0 Å². The Morgan fingerprint density at radius 2 is 1.88 bits per heavy atom. The maximum atomic E-state index is 2.31. The van der Waals surface area contributed by atoms with Gasteiger partial charge in [0.05, 0.1) is 0 Å². The second-order valence-corrected chi connectivity index (χ2v) is 5.92. The van der Waals surface area contributed by atoms with Crippen molar-refractivity contribution in [2.45, 2.75) is 38.5 Å². The van der Waals surface area contributed by atoms with Crippen LogP contribution >= 0.6 is 11.3 Å². The van der Waals surface area contributed by atoms with Crippen LogP contribution in [0.3, 0.4) is 0 Å². The standard InChI is InChI=1S/C15H18S/c1-2-6-12(7-3-1)10-15-14-9-5-4-8-13(14)11-16-15/h4-5,8-9,11-12H,1-3,6-7,10H2. The first-order valence-electron chi connectivity index (χ1n) is 6.38. The molecule has 1 fully saturated rings. The molecule has 1 aliphatic carbocycles. The van der Waals surface area contributed by atoms with Crippen molar-refractivity contribution in [1.82, 2.24) is 0 Å². The van der Waals surface area contributed by atoms with Crippen molar-refractivity contribution in [3.05, 3.63) is 34.5 Å². The minimum absolute atomic E-state index is 0.954. The molecule has 2 aromatic rings. The van der Waals surface area contributed by atoms with Crippen molar-refractivity contribution >= 4 is 22.1 Å². The molecule has 1 aliphatic rings. The fourth-order valence-corrected chi connectivity index (χ4v) is 3.98. The van der Waals surface area contributed by atoms with Crippen LogP contribution in [-0.4, -0.2) is 0 Å². The number of fused-ring (bicyclic) bond motifs is 1. The minimum atomic E-state index is 0.954. The zero-order valence-electron chi connectivity index (χ0n) is 9.61. The molecule has 0 unspecified atom stereocenters. The van der Waals surface area contributed by atoms with E-state index in [0.717, 1.165) is 5.92 Å². The van der Waals surface area contributed by atoms with Crippen molar-refractivity contribution < 1.29 is 0 Å². The predicted octanol–water partition coefficient (Wildman–Crippen LogP) is 5.02. The second kappa shape index (κ2) is 4.58. The van der Waals surface area contributed by atoms with Gasteiger partial charge in [-0.15, -0.1) is 11.3 Å². The van der Waals surface area contributed by atoms with E-state index in [9.17, 15) is 0 Å². The van der Waals surface area contributed by atoms with E-state index in [1.807, 2.05) is 11.3 Å². The first kappa shape index (κ1) is 10.3. The Kier molecular flexibility index (Phi) is 2.96. The van der Waals surface area contributed by atoms with Crippen molar-refractivity contribution in [1.29, 1.82) is 0 Å². The molecule has 1 saturated carbocycles. The van der Waals surface area contributed by atoms with Gasteiger partial charge in [0.2, 0.25) is 0 Å². The highest BCUT2D eigenvalue weighted by Gasteiger charge is 2.15. The van der Waals surface area contributed by atoms with E-state index in [1.54, 1.807) is 4.88 Å². The van der Waals surface area contributed by atoms with Gasteiger partial charge in [0, 0.05) is 4.88 Å². The van der Waals surface area contributed by atoms with Gasteiger partial charge < -0.3 is 0 Å². The van der Waals surface area contributed by atoms with Crippen molar-refractivity contribution in [3.8, 4) is 0 Å². The highest BCUT2D eigenvalue weighted by atomic mass is 32.1. The van der Waals surface area contributed by atoms with Gasteiger partial charge in [0.25, 0.3) is 0 Å². The Bertz CT molecular complexity index is 463. The largest absolute Gasteiger partial charge is 0.148 e. The Hall–Kier alpha value is -0.820. The summed E-state index contributed by atoms with van der Waals surface area (Å²) in [5.74, 6) is 0.954. The Labute approximate surface area is 101 Å². The summed E-state index contributed by atoms with van der Waals surface area (Å²) in [6.07, 6.45) is 8.58. The smallest absolute Gasteiger partial charge is 0.0127 e. The van der Waals surface area contributed by atoms with E-state index in [0.29, 0.717) is 0 Å². The molecule has 1 aromatic heterocycles. The molecule has 0 radical (unpaired) electrons. The monoisotopic (exact) mass is 230 g/mol. The van der Waals surface area contributed by atoms with Crippen LogP contribution in [0.15, 0.2) is 29.6 Å². The summed E-state index contributed by atoms with van der Waals surface area (Å²) in [5.41, 5.74) is 0. The normalized spacial score (nSPS) is 18.0. The van der Waals surface area contributed by atoms with Crippen LogP contribution in [0.4, 0.5) is 0 Å². The molecule has 84 valence electrons. The molecule has 1 heterocycles. The Morgan fingerprint density at radius 3 is 2.75 bits per heavy atom. The molecule has 16 heavy (non-hydrogen) atoms. The van der Waals surface area contributed by atoms with E-state index in [-0.39, 0.29) is 0 Å². The summed E-state index contributed by atoms with van der Waals surface area (Å²) in [7, 11) is 0. The third-order valence-electron chi connectivity index (χ3n) is 3.79. The van der Waals surface area contributed by atoms with E-state index in [1.165, 1.54) is 49.3 Å². The maximum Gasteiger partial charge on any atom is 0.0127 e. The molecular weight excluding hydrogens is 212 g/mol. The first-order valence-corrected chi connectivity index (χ1v) is 7.26. The molecule has 0 atom stereocenters. The van der Waals surface area contributed by atoms with Gasteiger partial charge in [-0.25, -0.2) is 0 Å². The van der Waals surface area contributed by atoms with Crippen LogP contribution in [0.5, 0.6) is 0 Å². The summed E-state index contributed by atoms with van der Waals surface area (Å²) < 4.78 is 0. The lowest BCUT2D eigenvalue weighted by atomic mass is 9.86. The zero-order chi connectivity index (χ0) is 10.8. The highest BCUT2D eigenvalue weighted by molar-refractivity contribution is 7.11. The van der Waals surface area contributed by atoms with Crippen LogP contribution in [0, 0.1) is 5.92 Å². The lowest BCUT2D eigenvalue weighted by molar-refractivity contribution is 0.359. The minimum Gasteiger partial charge on any atom is -0.148 e. The SMILES string of the molecule is c1ccc2c(CC3CCCCC3)scc2c1. The quantitative estimate of drug-likeness (QED) is 0.679. The summed E-state index contributed by atoms with van der Waals surface area (Å²) in [5, 5.41) is 5.24. The van der Waals surface area contributed by atoms with E-state index in [4.69, 9.17) is 0 Å². The molecule has 0 aliphatic heterocycles. The average Bonchev–Trinajstić information content (AvgIpc) is 2.74. The van der Waals surface area contributed by atoms with Gasteiger partial charge >= 0.3 is 0 Å². The van der Waals surface area contributed by atoms with Crippen LogP contribution in [0.25, 0.3) is 10.8 Å². The predicted molar refractivity (Wildman–Crippen MR) is 72.1 cm³/mol. The van der Waals surface area contributed by atoms with E-state index >= 15 is 0 Å². The molecule has 0 bridgehead atoms. The number of thiophene rings is 1. The molecule has 0 amide bonds. The van der Waals surface area contributed by atoms with E-state index in [2.05, 4.69) is 29.6 Å². The topological polar surface area (TPSA) is 0 Å². The zero-order valence-corrected chi connectivity index (χ0v) is 10.4. The molecule has 0 nitrogen and oxygen atoms in total. The molecule has 0 saturated heterocycles. The first-order chi connectivity index (χ1) is 7.93. The maximum absolute atomic E-state index is 2.31. The lowest BCUT2D eigenvalue weighted by Crippen LogP contribution is -2.08. The number of hydrogen-bond acceptors (Lipinski definition) is 1. The highest BCUT2D eigenvalue weighted by Crippen LogP contribution is 2.32. The van der Waals surface area contributed by atoms with Gasteiger partial charge in [0.1, 0.15) is 0 Å². The van der Waals surface area contributed by atoms with Crippen molar-refractivity contribution in [2.24, 2.45) is 5.92 Å². The molecule has 1 aromatic carbocycles. The summed E-state index contributed by atoms with van der Waals surface area (Å²) >= 11 is 1.96. The van der Waals surface area contributed by atoms with Crippen molar-refractivity contribution in [3.63, 3.8) is 0 Å². The van der Waals surface area contributed by atoms with Gasteiger partial charge in [-0.3, -0.25) is 0 Å². The molecule has 0 N–H and O–H groups in total. The third-order valence-corrected chi connectivity index (χ3v) is 4.83. The van der Waals surface area contributed by atoms with Crippen molar-refractivity contribution in [2.75, 3.05) is 0 Å². The summed E-state index contributed by atoms with van der Waals surface area (Å²) in [4.78, 5) is 1.61. The molecule has 1 heteroatoms. The fourth-order valence-electron chi connectivity index (χ4n) is 2.86. The van der Waals surface area contributed by atoms with Crippen LogP contribution in [0.1, 0.15) is 37.0 Å². The van der Waals surface area contributed by atoms with E-state index < -0.39 is 0 Å². The number of benzene rings is 1. The number of hydrogen-bond donors (Lipinski definition) is 0. The van der Waals surface area contributed by atoms with Gasteiger partial charge in [-0.05, 0) is 28.5 Å². The molecular formula is C15H18S. The Balaban J connectivity index is 1.83. The molecule has 3 rings (SSSR count). The summed E-state index contributed by atoms with van der Waals surface area (Å²) in [6.45, 7) is 0. The van der Waals surface area contributed by atoms with Crippen LogP contribution < -0.4 is 0 Å². The molecule has 0 spiro atoms.